The van der Waals surface area contributed by atoms with E-state index in [4.69, 9.17) is 4.84 Å². The number of rotatable bonds is 3. The van der Waals surface area contributed by atoms with Gasteiger partial charge in [-0.1, -0.05) is 53.1 Å². The second-order valence-electron chi connectivity index (χ2n) is 5.55. The Balaban J connectivity index is 0.000000255. The predicted octanol–water partition coefficient (Wildman–Crippen LogP) is 3.88. The summed E-state index contributed by atoms with van der Waals surface area (Å²) >= 11 is 0. The van der Waals surface area contributed by atoms with Gasteiger partial charge in [-0.05, 0) is 39.3 Å². The van der Waals surface area contributed by atoms with Crippen LogP contribution in [0.4, 0.5) is 5.69 Å². The fraction of sp³-hybridized carbons (Fsp3) is 0.263. The normalized spacial score (nSPS) is 9.68. The summed E-state index contributed by atoms with van der Waals surface area (Å²) in [4.78, 5) is 4.86. The molecule has 0 aliphatic rings. The highest BCUT2D eigenvalue weighted by Crippen LogP contribution is 2.20. The van der Waals surface area contributed by atoms with Gasteiger partial charge < -0.3 is 5.11 Å². The third kappa shape index (κ3) is 6.57. The lowest BCUT2D eigenvalue weighted by Gasteiger charge is -2.01. The second-order valence-corrected chi connectivity index (χ2v) is 5.55. The zero-order valence-electron chi connectivity index (χ0n) is 14.1. The number of aromatic hydroxyl groups is 1. The van der Waals surface area contributed by atoms with Gasteiger partial charge in [0.2, 0.25) is 5.69 Å². The van der Waals surface area contributed by atoms with Crippen LogP contribution in [0.3, 0.4) is 0 Å². The number of phenolic OH excluding ortho intramolecular Hbond substituents is 1. The molecule has 0 radical (unpaired) electrons. The third-order valence-electron chi connectivity index (χ3n) is 2.93. The number of quaternary nitrogens is 1. The van der Waals surface area contributed by atoms with Crippen molar-refractivity contribution in [3.63, 3.8) is 0 Å². The van der Waals surface area contributed by atoms with Crippen molar-refractivity contribution in [1.82, 2.24) is 0 Å². The lowest BCUT2D eigenvalue weighted by molar-refractivity contribution is -0.830. The van der Waals surface area contributed by atoms with Crippen LogP contribution in [0.1, 0.15) is 30.5 Å². The minimum atomic E-state index is 0.234. The van der Waals surface area contributed by atoms with Gasteiger partial charge in [0.25, 0.3) is 0 Å². The summed E-state index contributed by atoms with van der Waals surface area (Å²) in [5.74, 6) is 0.234. The van der Waals surface area contributed by atoms with Crippen LogP contribution in [0.5, 0.6) is 5.75 Å². The Morgan fingerprint density at radius 2 is 1.68 bits per heavy atom. The standard InChI is InChI=1S/C11H15NO2.C8H10/c1-8(2)6-9-4-5-11(13)10(7-9)12-14-3;1-7-4-3-5-8(2)6-7/h4-7,12-13H,1-3H3;3-6H,1-2H3/p+1. The van der Waals surface area contributed by atoms with Crippen molar-refractivity contribution in [2.45, 2.75) is 27.7 Å². The first-order valence-corrected chi connectivity index (χ1v) is 7.29. The lowest BCUT2D eigenvalue weighted by Crippen LogP contribution is -2.75. The molecule has 0 bridgehead atoms. The summed E-state index contributed by atoms with van der Waals surface area (Å²) < 4.78 is 0. The Bertz CT molecular complexity index is 612. The number of hydrogen-bond acceptors (Lipinski definition) is 2. The largest absolute Gasteiger partial charge is 0.503 e. The molecule has 3 N–H and O–H groups in total. The van der Waals surface area contributed by atoms with Crippen molar-refractivity contribution < 1.29 is 15.4 Å². The number of phenols is 1. The molecule has 0 spiro atoms. The summed E-state index contributed by atoms with van der Waals surface area (Å²) in [5, 5.41) is 9.47. The zero-order valence-corrected chi connectivity index (χ0v) is 14.1. The van der Waals surface area contributed by atoms with E-state index in [-0.39, 0.29) is 5.75 Å². The molecule has 0 atom stereocenters. The monoisotopic (exact) mass is 300 g/mol. The summed E-state index contributed by atoms with van der Waals surface area (Å²) in [6, 6.07) is 13.9. The molecule has 0 saturated heterocycles. The molecule has 0 aromatic heterocycles. The van der Waals surface area contributed by atoms with Crippen molar-refractivity contribution in [1.29, 1.82) is 0 Å². The zero-order chi connectivity index (χ0) is 16.5. The minimum Gasteiger partial charge on any atom is -0.503 e. The summed E-state index contributed by atoms with van der Waals surface area (Å²) in [6.45, 7) is 8.28. The van der Waals surface area contributed by atoms with Crippen LogP contribution in [0, 0.1) is 13.8 Å². The summed E-state index contributed by atoms with van der Waals surface area (Å²) in [6.07, 6.45) is 2.05. The number of hydrogen-bond donors (Lipinski definition) is 2. The van der Waals surface area contributed by atoms with E-state index in [2.05, 4.69) is 38.1 Å². The smallest absolute Gasteiger partial charge is 0.204 e. The van der Waals surface area contributed by atoms with Gasteiger partial charge in [0, 0.05) is 6.07 Å². The quantitative estimate of drug-likeness (QED) is 0.513. The van der Waals surface area contributed by atoms with E-state index in [0.29, 0.717) is 5.69 Å². The minimum absolute atomic E-state index is 0.234. The fourth-order valence-electron chi connectivity index (χ4n) is 2.02. The maximum Gasteiger partial charge on any atom is 0.204 e. The van der Waals surface area contributed by atoms with Crippen LogP contribution in [0.2, 0.25) is 0 Å². The Morgan fingerprint density at radius 1 is 1.05 bits per heavy atom. The highest BCUT2D eigenvalue weighted by molar-refractivity contribution is 5.59. The molecule has 0 aliphatic heterocycles. The highest BCUT2D eigenvalue weighted by Gasteiger charge is 2.05. The van der Waals surface area contributed by atoms with Crippen LogP contribution in [-0.4, -0.2) is 12.2 Å². The van der Waals surface area contributed by atoms with Gasteiger partial charge in [-0.2, -0.15) is 5.48 Å². The Kier molecular flexibility index (Phi) is 7.37. The molecule has 22 heavy (non-hydrogen) atoms. The van der Waals surface area contributed by atoms with Crippen LogP contribution >= 0.6 is 0 Å². The summed E-state index contributed by atoms with van der Waals surface area (Å²) in [5.41, 5.74) is 7.18. The van der Waals surface area contributed by atoms with Gasteiger partial charge >= 0.3 is 0 Å². The maximum absolute atomic E-state index is 9.47. The summed E-state index contributed by atoms with van der Waals surface area (Å²) in [7, 11) is 1.56. The SMILES string of the molecule is CO[NH2+]c1cc(C=C(C)C)ccc1O.Cc1cccc(C)c1. The Morgan fingerprint density at radius 3 is 2.14 bits per heavy atom. The van der Waals surface area contributed by atoms with E-state index in [0.717, 1.165) is 5.56 Å². The fourth-order valence-corrected chi connectivity index (χ4v) is 2.02. The Hall–Kier alpha value is -2.10. The molecule has 0 fully saturated rings. The first kappa shape index (κ1) is 18.0. The van der Waals surface area contributed by atoms with Crippen molar-refractivity contribution in [3.8, 4) is 5.75 Å². The van der Waals surface area contributed by atoms with E-state index in [1.807, 2.05) is 32.1 Å². The molecule has 2 rings (SSSR count). The molecule has 2 aromatic carbocycles. The molecular formula is C19H26NO2+. The predicted molar refractivity (Wildman–Crippen MR) is 91.9 cm³/mol. The molecule has 0 unspecified atom stereocenters. The van der Waals surface area contributed by atoms with Gasteiger partial charge in [0.05, 0.1) is 7.11 Å². The number of nitrogens with two attached hydrogens (primary N) is 1. The molecule has 0 amide bonds. The van der Waals surface area contributed by atoms with Gasteiger partial charge in [-0.3, -0.25) is 0 Å². The van der Waals surface area contributed by atoms with E-state index in [1.165, 1.54) is 22.2 Å². The third-order valence-corrected chi connectivity index (χ3v) is 2.93. The molecule has 3 heteroatoms. The molecule has 0 aliphatic carbocycles. The number of allylic oxidation sites excluding steroid dienone is 1. The topological polar surface area (TPSA) is 46.1 Å². The van der Waals surface area contributed by atoms with Crippen molar-refractivity contribution in [2.75, 3.05) is 7.11 Å². The molecule has 0 heterocycles. The van der Waals surface area contributed by atoms with Crippen molar-refractivity contribution in [2.24, 2.45) is 0 Å². The van der Waals surface area contributed by atoms with Crippen LogP contribution in [-0.2, 0) is 4.84 Å². The first-order valence-electron chi connectivity index (χ1n) is 7.29. The van der Waals surface area contributed by atoms with E-state index >= 15 is 0 Å². The van der Waals surface area contributed by atoms with Crippen molar-refractivity contribution >= 4 is 11.8 Å². The first-order chi connectivity index (χ1) is 10.4. The Labute approximate surface area is 133 Å². The maximum atomic E-state index is 9.47. The lowest BCUT2D eigenvalue weighted by atomic mass is 10.1. The van der Waals surface area contributed by atoms with Gasteiger partial charge in [-0.25, -0.2) is 4.84 Å². The van der Waals surface area contributed by atoms with Crippen LogP contribution in [0.25, 0.3) is 6.08 Å². The van der Waals surface area contributed by atoms with E-state index in [1.54, 1.807) is 13.2 Å². The highest BCUT2D eigenvalue weighted by atomic mass is 16.6. The molecule has 0 saturated carbocycles. The van der Waals surface area contributed by atoms with Gasteiger partial charge in [0.15, 0.2) is 5.75 Å². The van der Waals surface area contributed by atoms with Gasteiger partial charge in [-0.15, -0.1) is 0 Å². The van der Waals surface area contributed by atoms with Crippen molar-refractivity contribution in [3.05, 3.63) is 64.7 Å². The molecular weight excluding hydrogens is 274 g/mol. The second kappa shape index (κ2) is 9.03. The van der Waals surface area contributed by atoms with E-state index < -0.39 is 0 Å². The average Bonchev–Trinajstić information content (AvgIpc) is 2.43. The number of aryl methyl sites for hydroxylation is 2. The van der Waals surface area contributed by atoms with Gasteiger partial charge in [0.1, 0.15) is 0 Å². The molecule has 3 nitrogen and oxygen atoms in total. The molecule has 2 aromatic rings. The van der Waals surface area contributed by atoms with Crippen LogP contribution in [0.15, 0.2) is 48.0 Å². The van der Waals surface area contributed by atoms with E-state index in [9.17, 15) is 5.11 Å². The average molecular weight is 300 g/mol. The molecule has 118 valence electrons. The number of benzene rings is 2. The van der Waals surface area contributed by atoms with Crippen LogP contribution < -0.4 is 5.48 Å².